The number of rotatable bonds is 4. The summed E-state index contributed by atoms with van der Waals surface area (Å²) in [5.41, 5.74) is 9.71. The molecule has 3 aliphatic rings. The van der Waals surface area contributed by atoms with Crippen LogP contribution in [0, 0.1) is 0 Å². The number of aryl methyl sites for hydroxylation is 1. The summed E-state index contributed by atoms with van der Waals surface area (Å²) in [6, 6.07) is 0.130. The molecule has 30 heavy (non-hydrogen) atoms. The normalized spacial score (nSPS) is 22.9. The van der Waals surface area contributed by atoms with Crippen molar-refractivity contribution in [2.24, 2.45) is 7.05 Å². The molecule has 2 saturated heterocycles. The lowest BCUT2D eigenvalue weighted by atomic mass is 9.71. The van der Waals surface area contributed by atoms with Gasteiger partial charge in [0.1, 0.15) is 12.4 Å². The Hall–Kier alpha value is -3.27. The number of aromatic nitrogens is 5. The maximum atomic E-state index is 12.5. The van der Waals surface area contributed by atoms with E-state index in [1.54, 1.807) is 22.0 Å². The molecule has 3 N–H and O–H groups in total. The number of ketones is 1. The lowest BCUT2D eigenvalue weighted by molar-refractivity contribution is -0.153. The number of carbonyl (C=O) groups excluding carboxylic acids is 2. The molecular formula is C20H23N7O3. The van der Waals surface area contributed by atoms with Crippen molar-refractivity contribution in [3.63, 3.8) is 0 Å². The van der Waals surface area contributed by atoms with E-state index in [9.17, 15) is 14.7 Å². The predicted molar refractivity (Wildman–Crippen MR) is 108 cm³/mol. The molecule has 0 aromatic carbocycles. The van der Waals surface area contributed by atoms with Crippen LogP contribution in [0.5, 0.6) is 0 Å². The quantitative estimate of drug-likeness (QED) is 0.608. The van der Waals surface area contributed by atoms with E-state index in [1.165, 1.54) is 11.4 Å². The number of anilines is 1. The monoisotopic (exact) mass is 409 g/mol. The Bertz CT molecular complexity index is 1170. The number of hydrogen-bond acceptors (Lipinski definition) is 7. The fourth-order valence-corrected chi connectivity index (χ4v) is 5.04. The largest absolute Gasteiger partial charge is 0.387 e. The first-order valence-electron chi connectivity index (χ1n) is 9.98. The van der Waals surface area contributed by atoms with Gasteiger partial charge in [0.25, 0.3) is 0 Å². The first-order valence-corrected chi connectivity index (χ1v) is 9.98. The molecule has 6 rings (SSSR count). The SMILES string of the molecule is CC(=O)c1c(C2CC3C[C@@H](C2)N3C(=O)CO)nc2c(-c3cnn(C)c3)cnn2c1N. The van der Waals surface area contributed by atoms with E-state index < -0.39 is 6.61 Å². The van der Waals surface area contributed by atoms with E-state index in [0.717, 1.165) is 17.5 Å². The number of hydrogen-bond donors (Lipinski definition) is 2. The topological polar surface area (TPSA) is 132 Å². The van der Waals surface area contributed by atoms with Gasteiger partial charge in [0.15, 0.2) is 11.4 Å². The Kier molecular flexibility index (Phi) is 4.14. The van der Waals surface area contributed by atoms with Crippen LogP contribution in [0.2, 0.25) is 0 Å². The third-order valence-corrected chi connectivity index (χ3v) is 6.33. The standard InChI is InChI=1S/C20H23N7O3/c1-10(29)17-18(11-3-13-5-14(4-11)26(13)16(30)9-28)24-20-15(7-23-27(20)19(17)21)12-6-22-25(2)8-12/h6-8,11,13-14,28H,3-5,9,21H2,1-2H3/t11?,13-,14?/m1/s1. The van der Waals surface area contributed by atoms with Gasteiger partial charge in [-0.2, -0.15) is 14.7 Å². The van der Waals surface area contributed by atoms with Crippen molar-refractivity contribution in [1.29, 1.82) is 0 Å². The highest BCUT2D eigenvalue weighted by Gasteiger charge is 2.48. The van der Waals surface area contributed by atoms with Gasteiger partial charge in [-0.1, -0.05) is 0 Å². The van der Waals surface area contributed by atoms with Gasteiger partial charge in [-0.25, -0.2) is 4.98 Å². The average molecular weight is 409 g/mol. The Morgan fingerprint density at radius 3 is 2.53 bits per heavy atom. The van der Waals surface area contributed by atoms with E-state index in [2.05, 4.69) is 10.2 Å². The Morgan fingerprint density at radius 2 is 1.93 bits per heavy atom. The Balaban J connectivity index is 1.60. The molecule has 2 aliphatic heterocycles. The molecule has 156 valence electrons. The first kappa shape index (κ1) is 18.7. The summed E-state index contributed by atoms with van der Waals surface area (Å²) < 4.78 is 3.21. The molecule has 10 nitrogen and oxygen atoms in total. The number of nitrogen functional groups attached to an aromatic ring is 1. The molecule has 0 radical (unpaired) electrons. The Labute approximate surface area is 172 Å². The minimum absolute atomic E-state index is 0.0133. The maximum absolute atomic E-state index is 12.5. The molecule has 3 aromatic heterocycles. The van der Waals surface area contributed by atoms with Gasteiger partial charge in [0, 0.05) is 42.4 Å². The molecule has 1 aliphatic carbocycles. The predicted octanol–water partition coefficient (Wildman–Crippen LogP) is 0.754. The van der Waals surface area contributed by atoms with Crippen LogP contribution >= 0.6 is 0 Å². The molecule has 10 heteroatoms. The number of amides is 1. The summed E-state index contributed by atoms with van der Waals surface area (Å²) in [5, 5.41) is 17.8. The van der Waals surface area contributed by atoms with Crippen LogP contribution in [0.3, 0.4) is 0 Å². The lowest BCUT2D eigenvalue weighted by Crippen LogP contribution is -2.63. The molecule has 5 heterocycles. The second kappa shape index (κ2) is 6.63. The second-order valence-corrected chi connectivity index (χ2v) is 8.18. The zero-order chi connectivity index (χ0) is 21.2. The third-order valence-electron chi connectivity index (χ3n) is 6.33. The van der Waals surface area contributed by atoms with Crippen molar-refractivity contribution < 1.29 is 14.7 Å². The molecule has 3 atom stereocenters. The number of fused-ring (bicyclic) bond motifs is 3. The zero-order valence-electron chi connectivity index (χ0n) is 16.8. The van der Waals surface area contributed by atoms with Gasteiger partial charge in [0.2, 0.25) is 5.91 Å². The van der Waals surface area contributed by atoms with Crippen LogP contribution in [0.25, 0.3) is 16.8 Å². The van der Waals surface area contributed by atoms with Gasteiger partial charge >= 0.3 is 0 Å². The van der Waals surface area contributed by atoms with E-state index >= 15 is 0 Å². The van der Waals surface area contributed by atoms with Crippen LogP contribution < -0.4 is 5.73 Å². The van der Waals surface area contributed by atoms with Gasteiger partial charge < -0.3 is 15.7 Å². The van der Waals surface area contributed by atoms with Gasteiger partial charge in [-0.3, -0.25) is 14.3 Å². The number of aliphatic hydroxyl groups is 1. The van der Waals surface area contributed by atoms with E-state index in [4.69, 9.17) is 10.7 Å². The molecule has 0 spiro atoms. The zero-order valence-corrected chi connectivity index (χ0v) is 16.8. The number of nitrogens with two attached hydrogens (primary N) is 1. The molecular weight excluding hydrogens is 386 g/mol. The van der Waals surface area contributed by atoms with Crippen molar-refractivity contribution >= 4 is 23.2 Å². The summed E-state index contributed by atoms with van der Waals surface area (Å²) in [7, 11) is 1.84. The summed E-state index contributed by atoms with van der Waals surface area (Å²) in [4.78, 5) is 31.1. The third kappa shape index (κ3) is 2.63. The van der Waals surface area contributed by atoms with Gasteiger partial charge in [-0.05, 0) is 26.2 Å². The smallest absolute Gasteiger partial charge is 0.248 e. The fraction of sp³-hybridized carbons (Fsp3) is 0.450. The van der Waals surface area contributed by atoms with Crippen LogP contribution in [-0.4, -0.2) is 64.8 Å². The van der Waals surface area contributed by atoms with Crippen LogP contribution in [0.15, 0.2) is 18.6 Å². The number of Topliss-reactive ketones (excluding diaryl/α,β-unsaturated/α-hetero) is 1. The summed E-state index contributed by atoms with van der Waals surface area (Å²) in [6.07, 6.45) is 7.61. The Morgan fingerprint density at radius 1 is 1.20 bits per heavy atom. The molecule has 3 aromatic rings. The minimum atomic E-state index is -0.474. The number of nitrogens with zero attached hydrogens (tertiary/aromatic N) is 6. The number of piperidine rings is 1. The van der Waals surface area contributed by atoms with E-state index in [-0.39, 0.29) is 35.5 Å². The highest BCUT2D eigenvalue weighted by atomic mass is 16.3. The van der Waals surface area contributed by atoms with E-state index in [0.29, 0.717) is 29.7 Å². The van der Waals surface area contributed by atoms with Crippen molar-refractivity contribution in [1.82, 2.24) is 29.3 Å². The molecule has 2 unspecified atom stereocenters. The lowest BCUT2D eigenvalue weighted by Gasteiger charge is -2.55. The summed E-state index contributed by atoms with van der Waals surface area (Å²) >= 11 is 0. The second-order valence-electron chi connectivity index (χ2n) is 8.18. The van der Waals surface area contributed by atoms with E-state index in [1.807, 2.05) is 13.2 Å². The van der Waals surface area contributed by atoms with Crippen molar-refractivity contribution in [2.75, 3.05) is 12.3 Å². The fourth-order valence-electron chi connectivity index (χ4n) is 5.04. The molecule has 1 amide bonds. The number of aliphatic hydroxyl groups excluding tert-OH is 1. The van der Waals surface area contributed by atoms with Crippen molar-refractivity contribution in [3.05, 3.63) is 29.8 Å². The highest BCUT2D eigenvalue weighted by molar-refractivity contribution is 6.00. The first-order chi connectivity index (χ1) is 14.4. The van der Waals surface area contributed by atoms with Crippen LogP contribution in [0.4, 0.5) is 5.82 Å². The molecule has 3 fully saturated rings. The van der Waals surface area contributed by atoms with Gasteiger partial charge in [-0.15, -0.1) is 0 Å². The molecule has 2 bridgehead atoms. The average Bonchev–Trinajstić information content (AvgIpc) is 3.33. The van der Waals surface area contributed by atoms with Crippen LogP contribution in [-0.2, 0) is 11.8 Å². The highest BCUT2D eigenvalue weighted by Crippen LogP contribution is 2.46. The van der Waals surface area contributed by atoms with Crippen molar-refractivity contribution in [2.45, 2.75) is 44.2 Å². The minimum Gasteiger partial charge on any atom is -0.387 e. The van der Waals surface area contributed by atoms with Crippen LogP contribution in [0.1, 0.15) is 48.2 Å². The van der Waals surface area contributed by atoms with Gasteiger partial charge in [0.05, 0.1) is 23.7 Å². The molecule has 1 saturated carbocycles. The summed E-state index contributed by atoms with van der Waals surface area (Å²) in [5.74, 6) is -0.101. The maximum Gasteiger partial charge on any atom is 0.248 e. The number of carbonyl (C=O) groups is 2. The van der Waals surface area contributed by atoms with Crippen molar-refractivity contribution in [3.8, 4) is 11.1 Å². The summed E-state index contributed by atoms with van der Waals surface area (Å²) in [6.45, 7) is 1.01.